The van der Waals surface area contributed by atoms with E-state index in [1.807, 2.05) is 49.0 Å². The minimum Gasteiger partial charge on any atom is -0.285 e. The van der Waals surface area contributed by atoms with Crippen LogP contribution in [-0.2, 0) is 7.05 Å². The van der Waals surface area contributed by atoms with E-state index < -0.39 is 0 Å². The van der Waals surface area contributed by atoms with Crippen LogP contribution in [-0.4, -0.2) is 20.6 Å². The van der Waals surface area contributed by atoms with Crippen LogP contribution in [0.5, 0.6) is 0 Å². The second-order valence-electron chi connectivity index (χ2n) is 4.94. The fourth-order valence-electron chi connectivity index (χ4n) is 2.31. The molecule has 0 spiro atoms. The van der Waals surface area contributed by atoms with Gasteiger partial charge in [0.1, 0.15) is 0 Å². The van der Waals surface area contributed by atoms with Crippen LogP contribution in [0.1, 0.15) is 11.3 Å². The first-order valence-corrected chi connectivity index (χ1v) is 6.96. The van der Waals surface area contributed by atoms with E-state index in [4.69, 9.17) is 0 Å². The Morgan fingerprint density at radius 1 is 1.09 bits per heavy atom. The van der Waals surface area contributed by atoms with Crippen molar-refractivity contribution in [3.05, 3.63) is 76.5 Å². The Bertz CT molecular complexity index is 861. The lowest BCUT2D eigenvalue weighted by Gasteiger charge is -2.07. The van der Waals surface area contributed by atoms with Crippen LogP contribution >= 0.6 is 0 Å². The lowest BCUT2D eigenvalue weighted by atomic mass is 10.3. The number of nitrogens with zero attached hydrogens (tertiary/aromatic N) is 4. The van der Waals surface area contributed by atoms with Crippen molar-refractivity contribution < 1.29 is 0 Å². The summed E-state index contributed by atoms with van der Waals surface area (Å²) in [5, 5.41) is 0. The summed E-state index contributed by atoms with van der Waals surface area (Å²) in [6.07, 6.45) is 4.96. The smallest absolute Gasteiger partial charge is 0.280 e. The van der Waals surface area contributed by atoms with Gasteiger partial charge in [-0.15, -0.1) is 0 Å². The molecule has 0 saturated heterocycles. The molecule has 2 heterocycles. The maximum absolute atomic E-state index is 12.7. The van der Waals surface area contributed by atoms with Crippen LogP contribution in [0.15, 0.2) is 64.6 Å². The largest absolute Gasteiger partial charge is 0.285 e. The third-order valence-corrected chi connectivity index (χ3v) is 3.60. The highest BCUT2D eigenvalue weighted by molar-refractivity contribution is 5.83. The van der Waals surface area contributed by atoms with Gasteiger partial charge in [-0.1, -0.05) is 18.2 Å². The molecule has 1 aromatic carbocycles. The van der Waals surface area contributed by atoms with Gasteiger partial charge in [0.2, 0.25) is 0 Å². The zero-order valence-electron chi connectivity index (χ0n) is 12.5. The summed E-state index contributed by atoms with van der Waals surface area (Å²) in [5.74, 6) is 0. The van der Waals surface area contributed by atoms with Gasteiger partial charge >= 0.3 is 0 Å². The van der Waals surface area contributed by atoms with Crippen molar-refractivity contribution in [3.8, 4) is 5.69 Å². The summed E-state index contributed by atoms with van der Waals surface area (Å²) in [6, 6.07) is 13.2. The predicted octanol–water partition coefficient (Wildman–Crippen LogP) is 2.63. The lowest BCUT2D eigenvalue weighted by Crippen LogP contribution is -2.20. The lowest BCUT2D eigenvalue weighted by molar-refractivity contribution is 0.630. The number of rotatable bonds is 3. The van der Waals surface area contributed by atoms with Crippen LogP contribution in [0.2, 0.25) is 0 Å². The summed E-state index contributed by atoms with van der Waals surface area (Å²) in [7, 11) is 1.87. The summed E-state index contributed by atoms with van der Waals surface area (Å²) in [5.41, 5.74) is 2.98. The van der Waals surface area contributed by atoms with Crippen LogP contribution in [0.3, 0.4) is 0 Å². The van der Waals surface area contributed by atoms with Gasteiger partial charge in [-0.2, -0.15) is 0 Å². The summed E-state index contributed by atoms with van der Waals surface area (Å²) < 4.78 is 3.48. The predicted molar refractivity (Wildman–Crippen MR) is 87.2 cm³/mol. The van der Waals surface area contributed by atoms with Gasteiger partial charge in [-0.25, -0.2) is 4.68 Å². The van der Waals surface area contributed by atoms with E-state index in [0.717, 1.165) is 17.1 Å². The molecule has 0 unspecified atom stereocenters. The van der Waals surface area contributed by atoms with Gasteiger partial charge < -0.3 is 0 Å². The maximum atomic E-state index is 12.7. The van der Waals surface area contributed by atoms with E-state index in [1.54, 1.807) is 35.4 Å². The Morgan fingerprint density at radius 3 is 2.45 bits per heavy atom. The summed E-state index contributed by atoms with van der Waals surface area (Å²) >= 11 is 0. The number of hydrogen-bond acceptors (Lipinski definition) is 3. The quantitative estimate of drug-likeness (QED) is 0.697. The Labute approximate surface area is 128 Å². The van der Waals surface area contributed by atoms with Gasteiger partial charge in [0.05, 0.1) is 16.9 Å². The third kappa shape index (κ3) is 2.48. The second kappa shape index (κ2) is 5.81. The molecule has 0 radical (unpaired) electrons. The van der Waals surface area contributed by atoms with Crippen molar-refractivity contribution in [2.75, 3.05) is 0 Å². The molecule has 5 nitrogen and oxygen atoms in total. The Morgan fingerprint density at radius 2 is 1.77 bits per heavy atom. The van der Waals surface area contributed by atoms with Crippen molar-refractivity contribution >= 4 is 11.9 Å². The molecule has 5 heteroatoms. The number of hydrogen-bond donors (Lipinski definition) is 0. The van der Waals surface area contributed by atoms with E-state index in [2.05, 4.69) is 9.98 Å². The molecule has 110 valence electrons. The molecule has 0 saturated carbocycles. The highest BCUT2D eigenvalue weighted by atomic mass is 16.1. The first-order chi connectivity index (χ1) is 10.7. The number of pyridine rings is 1. The standard InChI is InChI=1S/C17H16N4O/c1-13-16(12-19-14-8-10-18-11-9-14)17(22)21(20(13)2)15-6-4-3-5-7-15/h3-12H,1-2H3. The van der Waals surface area contributed by atoms with Crippen molar-refractivity contribution in [2.45, 2.75) is 6.92 Å². The zero-order chi connectivity index (χ0) is 15.5. The Balaban J connectivity index is 2.08. The normalized spacial score (nSPS) is 11.2. The minimum absolute atomic E-state index is 0.0796. The van der Waals surface area contributed by atoms with Crippen LogP contribution in [0.25, 0.3) is 5.69 Å². The minimum atomic E-state index is -0.0796. The monoisotopic (exact) mass is 292 g/mol. The molecule has 0 fully saturated rings. The molecular formula is C17H16N4O. The van der Waals surface area contributed by atoms with Crippen LogP contribution in [0.4, 0.5) is 5.69 Å². The average Bonchev–Trinajstić information content (AvgIpc) is 2.77. The number of aliphatic imine (C=N–C) groups is 1. The number of para-hydroxylation sites is 1. The molecule has 2 aromatic heterocycles. The SMILES string of the molecule is Cc1c(C=Nc2ccncc2)c(=O)n(-c2ccccc2)n1C. The Hall–Kier alpha value is -2.95. The van der Waals surface area contributed by atoms with Crippen molar-refractivity contribution in [1.82, 2.24) is 14.3 Å². The van der Waals surface area contributed by atoms with E-state index in [1.165, 1.54) is 0 Å². The Kier molecular flexibility index (Phi) is 3.70. The van der Waals surface area contributed by atoms with E-state index in [9.17, 15) is 4.79 Å². The van der Waals surface area contributed by atoms with E-state index in [0.29, 0.717) is 5.56 Å². The van der Waals surface area contributed by atoms with Gasteiger partial charge in [0, 0.05) is 31.3 Å². The van der Waals surface area contributed by atoms with Gasteiger partial charge in [-0.3, -0.25) is 19.5 Å². The third-order valence-electron chi connectivity index (χ3n) is 3.60. The highest BCUT2D eigenvalue weighted by Gasteiger charge is 2.14. The molecule has 0 aliphatic rings. The number of aromatic nitrogens is 3. The summed E-state index contributed by atoms with van der Waals surface area (Å²) in [4.78, 5) is 21.0. The average molecular weight is 292 g/mol. The van der Waals surface area contributed by atoms with E-state index in [-0.39, 0.29) is 5.56 Å². The molecule has 0 aliphatic heterocycles. The van der Waals surface area contributed by atoms with Gasteiger partial charge in [0.15, 0.2) is 0 Å². The fraction of sp³-hybridized carbons (Fsp3) is 0.118. The van der Waals surface area contributed by atoms with Gasteiger partial charge in [-0.05, 0) is 31.2 Å². The summed E-state index contributed by atoms with van der Waals surface area (Å²) in [6.45, 7) is 1.91. The topological polar surface area (TPSA) is 52.2 Å². The van der Waals surface area contributed by atoms with Crippen molar-refractivity contribution in [3.63, 3.8) is 0 Å². The van der Waals surface area contributed by atoms with Crippen LogP contribution < -0.4 is 5.56 Å². The molecular weight excluding hydrogens is 276 g/mol. The number of benzene rings is 1. The molecule has 0 amide bonds. The first-order valence-electron chi connectivity index (χ1n) is 6.96. The molecule has 0 N–H and O–H groups in total. The molecule has 22 heavy (non-hydrogen) atoms. The van der Waals surface area contributed by atoms with E-state index >= 15 is 0 Å². The van der Waals surface area contributed by atoms with Gasteiger partial charge in [0.25, 0.3) is 5.56 Å². The molecule has 3 aromatic rings. The second-order valence-corrected chi connectivity index (χ2v) is 4.94. The molecule has 0 atom stereocenters. The fourth-order valence-corrected chi connectivity index (χ4v) is 2.31. The van der Waals surface area contributed by atoms with Crippen molar-refractivity contribution in [2.24, 2.45) is 12.0 Å². The highest BCUT2D eigenvalue weighted by Crippen LogP contribution is 2.11. The molecule has 0 bridgehead atoms. The zero-order valence-corrected chi connectivity index (χ0v) is 12.5. The first kappa shape index (κ1) is 14.0. The molecule has 3 rings (SSSR count). The maximum Gasteiger partial charge on any atom is 0.280 e. The molecule has 0 aliphatic carbocycles. The van der Waals surface area contributed by atoms with Crippen molar-refractivity contribution in [1.29, 1.82) is 0 Å². The van der Waals surface area contributed by atoms with Crippen LogP contribution in [0, 0.1) is 6.92 Å².